The fourth-order valence-corrected chi connectivity index (χ4v) is 1.56. The van der Waals surface area contributed by atoms with Crippen LogP contribution in [0.3, 0.4) is 0 Å². The first-order chi connectivity index (χ1) is 8.85. The summed E-state index contributed by atoms with van der Waals surface area (Å²) in [4.78, 5) is 4.09. The first-order valence-corrected chi connectivity index (χ1v) is 5.39. The monoisotopic (exact) mass is 271 g/mol. The Balaban J connectivity index is 2.25. The van der Waals surface area contributed by atoms with Gasteiger partial charge in [-0.3, -0.25) is 9.67 Å². The van der Waals surface area contributed by atoms with Crippen LogP contribution in [0.1, 0.15) is 0 Å². The van der Waals surface area contributed by atoms with Crippen molar-refractivity contribution < 1.29 is 13.2 Å². The second-order valence-corrected chi connectivity index (χ2v) is 4.05. The van der Waals surface area contributed by atoms with Crippen molar-refractivity contribution in [2.75, 3.05) is 12.1 Å². The van der Waals surface area contributed by atoms with Gasteiger partial charge in [-0.2, -0.15) is 18.3 Å². The molecular weight excluding hydrogens is 259 g/mol. The fraction of sp³-hybridized carbons (Fsp3) is 0.273. The molecule has 0 atom stereocenters. The Morgan fingerprint density at radius 3 is 2.79 bits per heavy atom. The van der Waals surface area contributed by atoms with Gasteiger partial charge in [-0.15, -0.1) is 0 Å². The van der Waals surface area contributed by atoms with Crippen molar-refractivity contribution in [3.63, 3.8) is 0 Å². The van der Waals surface area contributed by atoms with Crippen molar-refractivity contribution >= 4 is 5.69 Å². The molecule has 2 rings (SSSR count). The molecule has 0 aliphatic rings. The molecule has 0 bridgehead atoms. The van der Waals surface area contributed by atoms with Crippen molar-refractivity contribution in [2.24, 2.45) is 5.84 Å². The summed E-state index contributed by atoms with van der Waals surface area (Å²) < 4.78 is 37.5. The van der Waals surface area contributed by atoms with E-state index in [1.807, 2.05) is 0 Å². The van der Waals surface area contributed by atoms with Crippen LogP contribution in [0.15, 0.2) is 30.7 Å². The van der Waals surface area contributed by atoms with Gasteiger partial charge in [0.1, 0.15) is 6.54 Å². The summed E-state index contributed by atoms with van der Waals surface area (Å²) in [5.74, 6) is 5.59. The van der Waals surface area contributed by atoms with Gasteiger partial charge in [0.15, 0.2) is 0 Å². The first-order valence-electron chi connectivity index (χ1n) is 5.39. The van der Waals surface area contributed by atoms with Crippen molar-refractivity contribution in [3.8, 4) is 11.3 Å². The number of hydrazine groups is 1. The number of rotatable bonds is 3. The van der Waals surface area contributed by atoms with Gasteiger partial charge in [0.2, 0.25) is 0 Å². The van der Waals surface area contributed by atoms with Crippen molar-refractivity contribution in [3.05, 3.63) is 30.7 Å². The van der Waals surface area contributed by atoms with Gasteiger partial charge in [-0.05, 0) is 12.1 Å². The van der Waals surface area contributed by atoms with Crippen LogP contribution in [-0.4, -0.2) is 28.0 Å². The molecule has 0 spiro atoms. The molecule has 0 amide bonds. The average molecular weight is 271 g/mol. The minimum Gasteiger partial charge on any atom is -0.314 e. The molecule has 2 aromatic heterocycles. The van der Waals surface area contributed by atoms with Crippen molar-refractivity contribution in [2.45, 2.75) is 12.7 Å². The number of hydrogen-bond donors (Lipinski definition) is 1. The van der Waals surface area contributed by atoms with Crippen LogP contribution in [-0.2, 0) is 6.54 Å². The number of halogens is 3. The Morgan fingerprint density at radius 1 is 1.42 bits per heavy atom. The summed E-state index contributed by atoms with van der Waals surface area (Å²) in [5.41, 5.74) is 1.73. The Hall–Kier alpha value is -2.09. The Labute approximate surface area is 107 Å². The van der Waals surface area contributed by atoms with Gasteiger partial charge in [-0.25, -0.2) is 5.84 Å². The van der Waals surface area contributed by atoms with Crippen LogP contribution in [0.25, 0.3) is 11.3 Å². The highest BCUT2D eigenvalue weighted by molar-refractivity contribution is 5.62. The molecule has 5 nitrogen and oxygen atoms in total. The zero-order valence-corrected chi connectivity index (χ0v) is 10.1. The lowest BCUT2D eigenvalue weighted by atomic mass is 10.2. The summed E-state index contributed by atoms with van der Waals surface area (Å²) in [5, 5.41) is 5.06. The fourth-order valence-electron chi connectivity index (χ4n) is 1.56. The lowest BCUT2D eigenvalue weighted by molar-refractivity contribution is -0.142. The van der Waals surface area contributed by atoms with Crippen LogP contribution < -0.4 is 10.9 Å². The number of anilines is 1. The number of nitrogens with two attached hydrogens (primary N) is 1. The highest BCUT2D eigenvalue weighted by Crippen LogP contribution is 2.22. The molecule has 2 aromatic rings. The predicted octanol–water partition coefficient (Wildman–Crippen LogP) is 1.82. The van der Waals surface area contributed by atoms with Gasteiger partial charge in [0.05, 0.1) is 17.6 Å². The number of alkyl halides is 3. The van der Waals surface area contributed by atoms with Gasteiger partial charge in [0, 0.05) is 25.0 Å². The van der Waals surface area contributed by atoms with E-state index in [-0.39, 0.29) is 0 Å². The maximum absolute atomic E-state index is 12.2. The largest absolute Gasteiger partial charge is 0.408 e. The van der Waals surface area contributed by atoms with Crippen LogP contribution in [0.5, 0.6) is 0 Å². The number of aromatic nitrogens is 3. The molecule has 0 aliphatic carbocycles. The molecule has 0 fully saturated rings. The maximum atomic E-state index is 12.2. The third-order valence-electron chi connectivity index (χ3n) is 2.42. The molecular formula is C11H12F3N5. The van der Waals surface area contributed by atoms with E-state index in [0.717, 1.165) is 4.68 Å². The molecule has 0 unspecified atom stereocenters. The van der Waals surface area contributed by atoms with E-state index in [0.29, 0.717) is 16.9 Å². The van der Waals surface area contributed by atoms with Crippen LogP contribution in [0, 0.1) is 0 Å². The Bertz CT molecular complexity index is 561. The average Bonchev–Trinajstić information content (AvgIpc) is 2.75. The smallest absolute Gasteiger partial charge is 0.314 e. The Kier molecular flexibility index (Phi) is 3.43. The second kappa shape index (κ2) is 4.88. The predicted molar refractivity (Wildman–Crippen MR) is 64.1 cm³/mol. The standard InChI is InChI=1S/C11H12F3N5/c1-18(15)9-2-3-16-10(4-9)8-5-17-19(6-8)7-11(12,13)14/h2-6H,7,15H2,1H3. The van der Waals surface area contributed by atoms with E-state index in [4.69, 9.17) is 5.84 Å². The number of nitrogens with zero attached hydrogens (tertiary/aromatic N) is 4. The minimum atomic E-state index is -4.30. The third kappa shape index (κ3) is 3.44. The van der Waals surface area contributed by atoms with Gasteiger partial charge >= 0.3 is 6.18 Å². The van der Waals surface area contributed by atoms with E-state index in [2.05, 4.69) is 10.1 Å². The Morgan fingerprint density at radius 2 is 2.16 bits per heavy atom. The third-order valence-corrected chi connectivity index (χ3v) is 2.42. The summed E-state index contributed by atoms with van der Waals surface area (Å²) in [6.07, 6.45) is -0.115. The first kappa shape index (κ1) is 13.3. The summed E-state index contributed by atoms with van der Waals surface area (Å²) in [6, 6.07) is 3.37. The summed E-state index contributed by atoms with van der Waals surface area (Å²) in [6.45, 7) is -1.12. The van der Waals surface area contributed by atoms with E-state index in [9.17, 15) is 13.2 Å². The molecule has 0 radical (unpaired) electrons. The number of pyridine rings is 1. The molecule has 0 saturated carbocycles. The molecule has 8 heteroatoms. The molecule has 2 heterocycles. The second-order valence-electron chi connectivity index (χ2n) is 4.05. The van der Waals surface area contributed by atoms with E-state index in [1.54, 1.807) is 19.2 Å². The minimum absolute atomic E-state index is 0.507. The van der Waals surface area contributed by atoms with E-state index < -0.39 is 12.7 Å². The maximum Gasteiger partial charge on any atom is 0.408 e. The van der Waals surface area contributed by atoms with Crippen LogP contribution >= 0.6 is 0 Å². The van der Waals surface area contributed by atoms with Crippen LogP contribution in [0.2, 0.25) is 0 Å². The molecule has 2 N–H and O–H groups in total. The molecule has 0 aromatic carbocycles. The lowest BCUT2D eigenvalue weighted by Crippen LogP contribution is -2.24. The molecule has 0 saturated heterocycles. The zero-order chi connectivity index (χ0) is 14.0. The SMILES string of the molecule is CN(N)c1ccnc(-c2cnn(CC(F)(F)F)c2)c1. The van der Waals surface area contributed by atoms with Gasteiger partial charge in [-0.1, -0.05) is 0 Å². The molecule has 102 valence electrons. The molecule has 0 aliphatic heterocycles. The lowest BCUT2D eigenvalue weighted by Gasteiger charge is -2.11. The zero-order valence-electron chi connectivity index (χ0n) is 10.1. The highest BCUT2D eigenvalue weighted by atomic mass is 19.4. The van der Waals surface area contributed by atoms with Gasteiger partial charge in [0.25, 0.3) is 0 Å². The summed E-state index contributed by atoms with van der Waals surface area (Å²) in [7, 11) is 1.66. The van der Waals surface area contributed by atoms with E-state index >= 15 is 0 Å². The normalized spacial score (nSPS) is 11.6. The van der Waals surface area contributed by atoms with Crippen LogP contribution in [0.4, 0.5) is 18.9 Å². The quantitative estimate of drug-likeness (QED) is 0.683. The van der Waals surface area contributed by atoms with Crippen molar-refractivity contribution in [1.29, 1.82) is 0 Å². The van der Waals surface area contributed by atoms with Crippen molar-refractivity contribution in [1.82, 2.24) is 14.8 Å². The van der Waals surface area contributed by atoms with E-state index in [1.165, 1.54) is 23.6 Å². The summed E-state index contributed by atoms with van der Waals surface area (Å²) >= 11 is 0. The topological polar surface area (TPSA) is 60.0 Å². The number of hydrogen-bond acceptors (Lipinski definition) is 4. The molecule has 19 heavy (non-hydrogen) atoms. The highest BCUT2D eigenvalue weighted by Gasteiger charge is 2.28. The van der Waals surface area contributed by atoms with Gasteiger partial charge < -0.3 is 5.01 Å².